The SMILES string of the molecule is Cc1ccsc1[C@@H](C)N[C@H]1CCC[C@@H]1CO. The van der Waals surface area contributed by atoms with Crippen molar-refractivity contribution in [1.29, 1.82) is 0 Å². The van der Waals surface area contributed by atoms with Crippen LogP contribution in [0.15, 0.2) is 11.4 Å². The van der Waals surface area contributed by atoms with Gasteiger partial charge in [-0.2, -0.15) is 0 Å². The third kappa shape index (κ3) is 2.47. The van der Waals surface area contributed by atoms with Crippen molar-refractivity contribution in [3.05, 3.63) is 21.9 Å². The van der Waals surface area contributed by atoms with Gasteiger partial charge in [-0.3, -0.25) is 0 Å². The van der Waals surface area contributed by atoms with Crippen molar-refractivity contribution in [2.45, 2.75) is 45.2 Å². The van der Waals surface area contributed by atoms with Crippen molar-refractivity contribution < 1.29 is 5.11 Å². The largest absolute Gasteiger partial charge is 0.396 e. The molecule has 0 aromatic carbocycles. The maximum absolute atomic E-state index is 9.30. The molecule has 0 aliphatic heterocycles. The van der Waals surface area contributed by atoms with Gasteiger partial charge in [-0.1, -0.05) is 6.42 Å². The van der Waals surface area contributed by atoms with E-state index >= 15 is 0 Å². The van der Waals surface area contributed by atoms with Crippen molar-refractivity contribution >= 4 is 11.3 Å². The fourth-order valence-corrected chi connectivity index (χ4v) is 3.64. The van der Waals surface area contributed by atoms with Gasteiger partial charge in [0.1, 0.15) is 0 Å². The van der Waals surface area contributed by atoms with Crippen LogP contribution in [0.1, 0.15) is 42.7 Å². The standard InChI is InChI=1S/C13H21NOS/c1-9-6-7-16-13(9)10(2)14-12-5-3-4-11(12)8-15/h6-7,10-12,14-15H,3-5,8H2,1-2H3/t10-,11-,12+/m1/s1. The van der Waals surface area contributed by atoms with E-state index in [2.05, 4.69) is 30.6 Å². The van der Waals surface area contributed by atoms with Crippen LogP contribution >= 0.6 is 11.3 Å². The summed E-state index contributed by atoms with van der Waals surface area (Å²) in [5.41, 5.74) is 1.38. The second-order valence-corrected chi connectivity index (χ2v) is 5.78. The Balaban J connectivity index is 1.97. The van der Waals surface area contributed by atoms with Crippen LogP contribution in [0.3, 0.4) is 0 Å². The van der Waals surface area contributed by atoms with Crippen molar-refractivity contribution in [2.24, 2.45) is 5.92 Å². The number of rotatable bonds is 4. The highest BCUT2D eigenvalue weighted by Crippen LogP contribution is 2.29. The summed E-state index contributed by atoms with van der Waals surface area (Å²) in [5.74, 6) is 0.461. The molecule has 2 nitrogen and oxygen atoms in total. The number of hydrogen-bond donors (Lipinski definition) is 2. The monoisotopic (exact) mass is 239 g/mol. The summed E-state index contributed by atoms with van der Waals surface area (Å²) in [7, 11) is 0. The molecule has 0 amide bonds. The van der Waals surface area contributed by atoms with Gasteiger partial charge in [-0.15, -0.1) is 11.3 Å². The first-order valence-corrected chi connectivity index (χ1v) is 7.01. The zero-order chi connectivity index (χ0) is 11.5. The Labute approximate surface area is 102 Å². The molecule has 16 heavy (non-hydrogen) atoms. The van der Waals surface area contributed by atoms with Gasteiger partial charge in [-0.05, 0) is 49.6 Å². The van der Waals surface area contributed by atoms with Crippen molar-refractivity contribution in [3.63, 3.8) is 0 Å². The van der Waals surface area contributed by atoms with E-state index in [0.717, 1.165) is 0 Å². The molecule has 0 unspecified atom stereocenters. The minimum absolute atomic E-state index is 0.327. The molecule has 1 aliphatic carbocycles. The van der Waals surface area contributed by atoms with E-state index in [-0.39, 0.29) is 0 Å². The molecule has 0 radical (unpaired) electrons. The molecule has 1 aliphatic rings. The van der Waals surface area contributed by atoms with E-state index in [0.29, 0.717) is 24.6 Å². The summed E-state index contributed by atoms with van der Waals surface area (Å²) < 4.78 is 0. The summed E-state index contributed by atoms with van der Waals surface area (Å²) in [6.45, 7) is 4.72. The Kier molecular flexibility index (Phi) is 4.00. The summed E-state index contributed by atoms with van der Waals surface area (Å²) in [5, 5.41) is 15.1. The fraction of sp³-hybridized carbons (Fsp3) is 0.692. The molecule has 90 valence electrons. The second kappa shape index (κ2) is 5.30. The summed E-state index contributed by atoms with van der Waals surface area (Å²) in [6.07, 6.45) is 3.63. The van der Waals surface area contributed by atoms with E-state index in [1.807, 2.05) is 11.3 Å². The molecule has 0 bridgehead atoms. The Morgan fingerprint density at radius 1 is 1.56 bits per heavy atom. The van der Waals surface area contributed by atoms with Crippen LogP contribution in [0, 0.1) is 12.8 Å². The van der Waals surface area contributed by atoms with Crippen molar-refractivity contribution in [1.82, 2.24) is 5.32 Å². The summed E-state index contributed by atoms with van der Waals surface area (Å²) in [4.78, 5) is 1.43. The molecule has 2 N–H and O–H groups in total. The lowest BCUT2D eigenvalue weighted by molar-refractivity contribution is 0.201. The van der Waals surface area contributed by atoms with E-state index in [9.17, 15) is 5.11 Å². The van der Waals surface area contributed by atoms with Crippen LogP contribution in [-0.2, 0) is 0 Å². The minimum atomic E-state index is 0.327. The van der Waals surface area contributed by atoms with Crippen LogP contribution in [-0.4, -0.2) is 17.8 Å². The van der Waals surface area contributed by atoms with Gasteiger partial charge in [0.2, 0.25) is 0 Å². The molecule has 3 atom stereocenters. The zero-order valence-electron chi connectivity index (χ0n) is 10.1. The molecule has 3 heteroatoms. The predicted molar refractivity (Wildman–Crippen MR) is 68.8 cm³/mol. The van der Waals surface area contributed by atoms with Gasteiger partial charge in [0.25, 0.3) is 0 Å². The van der Waals surface area contributed by atoms with Gasteiger partial charge in [0, 0.05) is 23.6 Å². The smallest absolute Gasteiger partial charge is 0.0474 e. The number of thiophene rings is 1. The molecular formula is C13H21NOS. The molecule has 1 fully saturated rings. The van der Waals surface area contributed by atoms with Crippen molar-refractivity contribution in [3.8, 4) is 0 Å². The fourth-order valence-electron chi connectivity index (χ4n) is 2.70. The Morgan fingerprint density at radius 2 is 2.38 bits per heavy atom. The van der Waals surface area contributed by atoms with Crippen LogP contribution in [0.25, 0.3) is 0 Å². The summed E-state index contributed by atoms with van der Waals surface area (Å²) >= 11 is 1.82. The molecule has 0 spiro atoms. The van der Waals surface area contributed by atoms with Gasteiger partial charge in [0.05, 0.1) is 0 Å². The van der Waals surface area contributed by atoms with Gasteiger partial charge >= 0.3 is 0 Å². The number of hydrogen-bond acceptors (Lipinski definition) is 3. The van der Waals surface area contributed by atoms with Gasteiger partial charge in [0.15, 0.2) is 0 Å². The Morgan fingerprint density at radius 3 is 3.00 bits per heavy atom. The quantitative estimate of drug-likeness (QED) is 0.847. The van der Waals surface area contributed by atoms with Crippen LogP contribution in [0.2, 0.25) is 0 Å². The first-order valence-electron chi connectivity index (χ1n) is 6.13. The number of nitrogens with one attached hydrogen (secondary N) is 1. The zero-order valence-corrected chi connectivity index (χ0v) is 10.9. The average molecular weight is 239 g/mol. The molecule has 1 aromatic rings. The third-order valence-corrected chi connectivity index (χ3v) is 4.85. The Hall–Kier alpha value is -0.380. The normalized spacial score (nSPS) is 27.2. The highest BCUT2D eigenvalue weighted by atomic mass is 32.1. The maximum atomic E-state index is 9.30. The summed E-state index contributed by atoms with van der Waals surface area (Å²) in [6, 6.07) is 3.09. The minimum Gasteiger partial charge on any atom is -0.396 e. The number of aliphatic hydroxyl groups excluding tert-OH is 1. The average Bonchev–Trinajstić information content (AvgIpc) is 2.86. The lowest BCUT2D eigenvalue weighted by Crippen LogP contribution is -2.35. The third-order valence-electron chi connectivity index (χ3n) is 3.65. The molecule has 2 rings (SSSR count). The van der Waals surface area contributed by atoms with E-state index < -0.39 is 0 Å². The van der Waals surface area contributed by atoms with Crippen LogP contribution < -0.4 is 5.32 Å². The first-order chi connectivity index (χ1) is 7.72. The molecule has 1 aromatic heterocycles. The molecule has 0 saturated heterocycles. The van der Waals surface area contributed by atoms with Crippen LogP contribution in [0.4, 0.5) is 0 Å². The highest BCUT2D eigenvalue weighted by Gasteiger charge is 2.28. The van der Waals surface area contributed by atoms with Gasteiger partial charge < -0.3 is 10.4 Å². The molecule has 1 saturated carbocycles. The lowest BCUT2D eigenvalue weighted by atomic mass is 10.0. The topological polar surface area (TPSA) is 32.3 Å². The number of aliphatic hydroxyl groups is 1. The second-order valence-electron chi connectivity index (χ2n) is 4.84. The van der Waals surface area contributed by atoms with Gasteiger partial charge in [-0.25, -0.2) is 0 Å². The highest BCUT2D eigenvalue weighted by molar-refractivity contribution is 7.10. The molecule has 1 heterocycles. The van der Waals surface area contributed by atoms with Crippen molar-refractivity contribution in [2.75, 3.05) is 6.61 Å². The predicted octanol–water partition coefficient (Wildman–Crippen LogP) is 2.87. The van der Waals surface area contributed by atoms with E-state index in [1.54, 1.807) is 0 Å². The lowest BCUT2D eigenvalue weighted by Gasteiger charge is -2.23. The Bertz CT molecular complexity index is 336. The molecular weight excluding hydrogens is 218 g/mol. The first kappa shape index (κ1) is 12.1. The van der Waals surface area contributed by atoms with E-state index in [1.165, 1.54) is 29.7 Å². The maximum Gasteiger partial charge on any atom is 0.0474 e. The van der Waals surface area contributed by atoms with E-state index in [4.69, 9.17) is 0 Å². The number of aryl methyl sites for hydroxylation is 1. The van der Waals surface area contributed by atoms with Crippen LogP contribution in [0.5, 0.6) is 0 Å².